The molecule has 0 unspecified atom stereocenters. The van der Waals surface area contributed by atoms with Crippen LogP contribution in [0.4, 0.5) is 5.69 Å². The first-order valence-electron chi connectivity index (χ1n) is 9.54. The molecule has 0 radical (unpaired) electrons. The molecule has 2 amide bonds. The summed E-state index contributed by atoms with van der Waals surface area (Å²) in [6, 6.07) is 8.28. The Bertz CT molecular complexity index is 1050. The lowest BCUT2D eigenvalue weighted by atomic mass is 9.85. The quantitative estimate of drug-likeness (QED) is 0.674. The van der Waals surface area contributed by atoms with E-state index in [2.05, 4.69) is 21.7 Å². The second-order valence-electron chi connectivity index (χ2n) is 8.51. The van der Waals surface area contributed by atoms with Gasteiger partial charge >= 0.3 is 0 Å². The van der Waals surface area contributed by atoms with Gasteiger partial charge in [-0.15, -0.1) is 0 Å². The molecular weight excluding hydrogens is 404 g/mol. The summed E-state index contributed by atoms with van der Waals surface area (Å²) in [4.78, 5) is 28.8. The average molecular weight is 427 g/mol. The first-order valence-corrected chi connectivity index (χ1v) is 9.92. The van der Waals surface area contributed by atoms with Crippen LogP contribution in [-0.2, 0) is 16.6 Å². The van der Waals surface area contributed by atoms with E-state index in [4.69, 9.17) is 16.9 Å². The van der Waals surface area contributed by atoms with E-state index in [0.717, 1.165) is 0 Å². The molecular formula is C22H23ClN4O3. The Morgan fingerprint density at radius 2 is 2.00 bits per heavy atom. The number of aromatic nitrogens is 1. The van der Waals surface area contributed by atoms with Crippen molar-refractivity contribution in [2.24, 2.45) is 0 Å². The summed E-state index contributed by atoms with van der Waals surface area (Å²) in [7, 11) is 0. The molecule has 156 valence electrons. The Labute approximate surface area is 180 Å². The lowest BCUT2D eigenvalue weighted by Crippen LogP contribution is -2.36. The van der Waals surface area contributed by atoms with Gasteiger partial charge in [-0.25, -0.2) is 0 Å². The summed E-state index contributed by atoms with van der Waals surface area (Å²) in [5, 5.41) is 25.2. The van der Waals surface area contributed by atoms with Gasteiger partial charge in [0.2, 0.25) is 5.91 Å². The Morgan fingerprint density at radius 1 is 1.30 bits per heavy atom. The minimum absolute atomic E-state index is 0.0434. The maximum Gasteiger partial charge on any atom is 0.271 e. The maximum atomic E-state index is 12.5. The zero-order valence-electron chi connectivity index (χ0n) is 17.0. The number of anilines is 1. The monoisotopic (exact) mass is 426 g/mol. The zero-order chi connectivity index (χ0) is 22.1. The minimum atomic E-state index is -0.796. The number of hydrogen-bond donors (Lipinski definition) is 3. The fourth-order valence-corrected chi connectivity index (χ4v) is 3.25. The number of nitrogens with zero attached hydrogens (tertiary/aromatic N) is 2. The largest absolute Gasteiger partial charge is 0.508 e. The first-order chi connectivity index (χ1) is 14.0. The lowest BCUT2D eigenvalue weighted by Gasteiger charge is -2.21. The summed E-state index contributed by atoms with van der Waals surface area (Å²) >= 11 is 6.32. The average Bonchev–Trinajstić information content (AvgIpc) is 3.43. The van der Waals surface area contributed by atoms with Crippen LogP contribution in [0.15, 0.2) is 30.5 Å². The number of nitriles is 1. The first kappa shape index (κ1) is 21.6. The molecule has 3 N–H and O–H groups in total. The summed E-state index contributed by atoms with van der Waals surface area (Å²) < 4.78 is 0. The number of halogens is 1. The molecule has 1 saturated carbocycles. The second kappa shape index (κ2) is 7.96. The van der Waals surface area contributed by atoms with Gasteiger partial charge in [-0.3, -0.25) is 14.6 Å². The van der Waals surface area contributed by atoms with Crippen LogP contribution in [0.25, 0.3) is 0 Å². The third kappa shape index (κ3) is 4.89. The molecule has 1 fully saturated rings. The normalized spacial score (nSPS) is 14.5. The molecule has 1 aromatic carbocycles. The van der Waals surface area contributed by atoms with Crippen LogP contribution in [0.5, 0.6) is 5.75 Å². The van der Waals surface area contributed by atoms with Gasteiger partial charge in [-0.05, 0) is 48.1 Å². The Kier molecular flexibility index (Phi) is 5.73. The van der Waals surface area contributed by atoms with Crippen LogP contribution in [0, 0.1) is 11.3 Å². The van der Waals surface area contributed by atoms with E-state index in [1.54, 1.807) is 12.1 Å². The second-order valence-corrected chi connectivity index (χ2v) is 8.92. The Morgan fingerprint density at radius 3 is 2.60 bits per heavy atom. The number of phenols is 1. The van der Waals surface area contributed by atoms with Gasteiger partial charge in [0, 0.05) is 22.5 Å². The lowest BCUT2D eigenvalue weighted by molar-refractivity contribution is -0.115. The van der Waals surface area contributed by atoms with Crippen molar-refractivity contribution in [1.29, 1.82) is 5.26 Å². The fraction of sp³-hybridized carbons (Fsp3) is 0.364. The number of amides is 2. The van der Waals surface area contributed by atoms with E-state index in [1.165, 1.54) is 18.3 Å². The van der Waals surface area contributed by atoms with Crippen LogP contribution in [-0.4, -0.2) is 27.4 Å². The van der Waals surface area contributed by atoms with Crippen molar-refractivity contribution in [3.05, 3.63) is 52.3 Å². The van der Waals surface area contributed by atoms with Crippen molar-refractivity contribution in [1.82, 2.24) is 10.3 Å². The number of nitrogens with one attached hydrogen (secondary N) is 2. The molecule has 2 aromatic rings. The molecule has 0 atom stereocenters. The van der Waals surface area contributed by atoms with Crippen LogP contribution >= 0.6 is 11.6 Å². The van der Waals surface area contributed by atoms with Crippen molar-refractivity contribution in [2.75, 3.05) is 5.32 Å². The molecule has 0 spiro atoms. The van der Waals surface area contributed by atoms with Gasteiger partial charge in [0.1, 0.15) is 17.0 Å². The molecule has 1 aromatic heterocycles. The minimum Gasteiger partial charge on any atom is -0.508 e. The van der Waals surface area contributed by atoms with Gasteiger partial charge in [0.15, 0.2) is 0 Å². The number of rotatable bonds is 5. The van der Waals surface area contributed by atoms with Crippen LogP contribution in [0.1, 0.15) is 55.2 Å². The zero-order valence-corrected chi connectivity index (χ0v) is 17.8. The molecule has 8 heteroatoms. The molecule has 1 heterocycles. The number of benzene rings is 1. The summed E-state index contributed by atoms with van der Waals surface area (Å²) in [5.74, 6) is -0.729. The van der Waals surface area contributed by atoms with E-state index < -0.39 is 11.4 Å². The highest BCUT2D eigenvalue weighted by molar-refractivity contribution is 6.31. The molecule has 7 nitrogen and oxygen atoms in total. The highest BCUT2D eigenvalue weighted by atomic mass is 35.5. The van der Waals surface area contributed by atoms with E-state index in [0.29, 0.717) is 34.7 Å². The molecule has 1 aliphatic carbocycles. The number of phenolic OH excluding ortho intramolecular Hbond substituents is 1. The number of carbonyl (C=O) groups excluding carboxylic acids is 2. The smallest absolute Gasteiger partial charge is 0.271 e. The molecule has 0 bridgehead atoms. The van der Waals surface area contributed by atoms with Crippen molar-refractivity contribution >= 4 is 29.1 Å². The van der Waals surface area contributed by atoms with E-state index >= 15 is 0 Å². The number of aromatic hydroxyl groups is 1. The van der Waals surface area contributed by atoms with Gasteiger partial charge < -0.3 is 15.7 Å². The highest BCUT2D eigenvalue weighted by Crippen LogP contribution is 2.35. The van der Waals surface area contributed by atoms with E-state index in [9.17, 15) is 14.7 Å². The highest BCUT2D eigenvalue weighted by Gasteiger charge is 2.44. The fourth-order valence-electron chi connectivity index (χ4n) is 3.02. The van der Waals surface area contributed by atoms with Crippen molar-refractivity contribution in [3.8, 4) is 11.8 Å². The van der Waals surface area contributed by atoms with E-state index in [1.807, 2.05) is 20.8 Å². The molecule has 3 rings (SSSR count). The topological polar surface area (TPSA) is 115 Å². The molecule has 1 aliphatic rings. The van der Waals surface area contributed by atoms with Gasteiger partial charge in [-0.1, -0.05) is 32.4 Å². The summed E-state index contributed by atoms with van der Waals surface area (Å²) in [6.07, 6.45) is 2.60. The summed E-state index contributed by atoms with van der Waals surface area (Å²) in [5.41, 5.74) is 0.625. The van der Waals surface area contributed by atoms with Crippen molar-refractivity contribution in [2.45, 2.75) is 51.0 Å². The predicted molar refractivity (Wildman–Crippen MR) is 113 cm³/mol. The Hall–Kier alpha value is -3.11. The molecule has 30 heavy (non-hydrogen) atoms. The number of hydrogen-bond acceptors (Lipinski definition) is 5. The molecule has 0 saturated heterocycles. The van der Waals surface area contributed by atoms with E-state index in [-0.39, 0.29) is 29.2 Å². The molecule has 0 aliphatic heterocycles. The van der Waals surface area contributed by atoms with Gasteiger partial charge in [0.05, 0.1) is 12.5 Å². The van der Waals surface area contributed by atoms with Gasteiger partial charge in [-0.2, -0.15) is 5.26 Å². The third-order valence-corrected chi connectivity index (χ3v) is 5.27. The third-order valence-electron chi connectivity index (χ3n) is 4.92. The predicted octanol–water partition coefficient (Wildman–Crippen LogP) is 3.71. The van der Waals surface area contributed by atoms with Crippen LogP contribution in [0.2, 0.25) is 5.02 Å². The standard InChI is InChI=1S/C22H23ClN4O3/c1-21(2,3)15-11-16(23)13(8-18(15)28)9-19(29)26-14-4-7-25-17(10-14)20(30)27-22(12-24)5-6-22/h4,7-8,10-11,28H,5-6,9H2,1-3H3,(H,27,30)(H,25,26,29). The van der Waals surface area contributed by atoms with Crippen molar-refractivity contribution < 1.29 is 14.7 Å². The van der Waals surface area contributed by atoms with Crippen LogP contribution in [0.3, 0.4) is 0 Å². The van der Waals surface area contributed by atoms with Crippen LogP contribution < -0.4 is 10.6 Å². The SMILES string of the molecule is CC(C)(C)c1cc(Cl)c(CC(=O)Nc2ccnc(C(=O)NC3(C#N)CC3)c2)cc1O. The summed E-state index contributed by atoms with van der Waals surface area (Å²) in [6.45, 7) is 5.89. The Balaban J connectivity index is 1.69. The van der Waals surface area contributed by atoms with Gasteiger partial charge in [0.25, 0.3) is 5.91 Å². The van der Waals surface area contributed by atoms with Crippen molar-refractivity contribution in [3.63, 3.8) is 0 Å². The number of carbonyl (C=O) groups is 2. The maximum absolute atomic E-state index is 12.5. The number of pyridine rings is 1.